The van der Waals surface area contributed by atoms with Gasteiger partial charge >= 0.3 is 0 Å². The second-order valence-electron chi connectivity index (χ2n) is 7.23. The highest BCUT2D eigenvalue weighted by Gasteiger charge is 2.35. The van der Waals surface area contributed by atoms with Crippen molar-refractivity contribution >= 4 is 16.8 Å². The van der Waals surface area contributed by atoms with Gasteiger partial charge < -0.3 is 15.6 Å². The minimum absolute atomic E-state index is 0.00667. The SMILES string of the molecule is Cc1[nH]c2ccccc2c1[C@H](c1ccccn1)[NH+]1CCC(C(N)=O)CC1. The number of primary amides is 1. The van der Waals surface area contributed by atoms with Crippen LogP contribution in [0.2, 0.25) is 0 Å². The van der Waals surface area contributed by atoms with Gasteiger partial charge in [0.05, 0.1) is 13.1 Å². The molecule has 0 radical (unpaired) electrons. The number of carbonyl (C=O) groups is 1. The van der Waals surface area contributed by atoms with Crippen molar-refractivity contribution in [1.29, 1.82) is 0 Å². The van der Waals surface area contributed by atoms with E-state index in [9.17, 15) is 4.79 Å². The van der Waals surface area contributed by atoms with E-state index in [1.165, 1.54) is 21.5 Å². The first-order valence-corrected chi connectivity index (χ1v) is 9.27. The number of nitrogens with zero attached hydrogens (tertiary/aromatic N) is 1. The summed E-state index contributed by atoms with van der Waals surface area (Å²) in [5.41, 5.74) is 10.3. The fourth-order valence-electron chi connectivity index (χ4n) is 4.34. The van der Waals surface area contributed by atoms with Gasteiger partial charge in [-0.2, -0.15) is 0 Å². The third-order valence-corrected chi connectivity index (χ3v) is 5.65. The van der Waals surface area contributed by atoms with Gasteiger partial charge in [-0.15, -0.1) is 0 Å². The van der Waals surface area contributed by atoms with E-state index in [4.69, 9.17) is 5.73 Å². The van der Waals surface area contributed by atoms with Crippen LogP contribution in [-0.4, -0.2) is 29.0 Å². The number of nitrogens with two attached hydrogens (primary N) is 1. The Balaban J connectivity index is 1.77. The highest BCUT2D eigenvalue weighted by atomic mass is 16.1. The standard InChI is InChI=1S/C21H24N4O/c1-14-19(16-6-2-3-7-17(16)24-14)20(18-8-4-5-11-23-18)25-12-9-15(10-13-25)21(22)26/h2-8,11,15,20,24H,9-10,12-13H2,1H3,(H2,22,26)/p+1/t20-/m0/s1. The van der Waals surface area contributed by atoms with Crippen LogP contribution in [0.1, 0.15) is 35.8 Å². The molecule has 4 rings (SSSR count). The molecule has 1 aliphatic heterocycles. The number of para-hydroxylation sites is 1. The van der Waals surface area contributed by atoms with Crippen molar-refractivity contribution in [2.24, 2.45) is 11.7 Å². The number of aromatic amines is 1. The lowest BCUT2D eigenvalue weighted by atomic mass is 9.91. The number of benzene rings is 1. The van der Waals surface area contributed by atoms with E-state index in [-0.39, 0.29) is 17.9 Å². The molecule has 3 aromatic rings. The second-order valence-corrected chi connectivity index (χ2v) is 7.23. The molecule has 1 saturated heterocycles. The number of hydrogen-bond donors (Lipinski definition) is 3. The number of amides is 1. The fraction of sp³-hybridized carbons (Fsp3) is 0.333. The third-order valence-electron chi connectivity index (χ3n) is 5.65. The molecule has 1 fully saturated rings. The molecule has 4 N–H and O–H groups in total. The molecular formula is C21H25N4O+. The smallest absolute Gasteiger partial charge is 0.220 e. The Hall–Kier alpha value is -2.66. The van der Waals surface area contributed by atoms with Gasteiger partial charge in [0.15, 0.2) is 6.04 Å². The van der Waals surface area contributed by atoms with E-state index >= 15 is 0 Å². The van der Waals surface area contributed by atoms with Crippen LogP contribution < -0.4 is 10.6 Å². The molecule has 2 aromatic heterocycles. The lowest BCUT2D eigenvalue weighted by Crippen LogP contribution is -3.13. The molecule has 1 atom stereocenters. The predicted octanol–water partition coefficient (Wildman–Crippen LogP) is 1.74. The minimum atomic E-state index is -0.165. The van der Waals surface area contributed by atoms with Gasteiger partial charge in [0, 0.05) is 47.1 Å². The van der Waals surface area contributed by atoms with E-state index in [0.717, 1.165) is 37.1 Å². The van der Waals surface area contributed by atoms with Crippen molar-refractivity contribution < 1.29 is 9.69 Å². The number of nitrogens with one attached hydrogen (secondary N) is 2. The van der Waals surface area contributed by atoms with Crippen LogP contribution in [0, 0.1) is 12.8 Å². The number of aromatic nitrogens is 2. The lowest BCUT2D eigenvalue weighted by Gasteiger charge is -2.34. The fourth-order valence-corrected chi connectivity index (χ4v) is 4.34. The summed E-state index contributed by atoms with van der Waals surface area (Å²) >= 11 is 0. The third kappa shape index (κ3) is 2.99. The van der Waals surface area contributed by atoms with E-state index in [0.29, 0.717) is 0 Å². The summed E-state index contributed by atoms with van der Waals surface area (Å²) in [4.78, 5) is 21.2. The summed E-state index contributed by atoms with van der Waals surface area (Å²) in [6, 6.07) is 14.7. The number of piperidine rings is 1. The predicted molar refractivity (Wildman–Crippen MR) is 102 cm³/mol. The Morgan fingerprint density at radius 2 is 1.92 bits per heavy atom. The van der Waals surface area contributed by atoms with Crippen molar-refractivity contribution in [3.05, 3.63) is 65.6 Å². The van der Waals surface area contributed by atoms with E-state index < -0.39 is 0 Å². The summed E-state index contributed by atoms with van der Waals surface area (Å²) in [5.74, 6) is -0.158. The highest BCUT2D eigenvalue weighted by Crippen LogP contribution is 2.30. The monoisotopic (exact) mass is 349 g/mol. The average molecular weight is 349 g/mol. The summed E-state index contributed by atoms with van der Waals surface area (Å²) in [7, 11) is 0. The molecule has 134 valence electrons. The van der Waals surface area contributed by atoms with Crippen LogP contribution in [0.15, 0.2) is 48.7 Å². The zero-order valence-corrected chi connectivity index (χ0v) is 15.0. The maximum atomic E-state index is 11.6. The molecule has 5 heteroatoms. The Kier molecular flexibility index (Phi) is 4.47. The highest BCUT2D eigenvalue weighted by molar-refractivity contribution is 5.85. The Labute approximate surface area is 153 Å². The van der Waals surface area contributed by atoms with Crippen LogP contribution >= 0.6 is 0 Å². The molecule has 1 aromatic carbocycles. The van der Waals surface area contributed by atoms with E-state index in [2.05, 4.69) is 53.3 Å². The minimum Gasteiger partial charge on any atom is -0.369 e. The summed E-state index contributed by atoms with van der Waals surface area (Å²) in [6.45, 7) is 3.99. The van der Waals surface area contributed by atoms with Crippen molar-refractivity contribution in [2.45, 2.75) is 25.8 Å². The summed E-state index contributed by atoms with van der Waals surface area (Å²) < 4.78 is 0. The molecule has 0 unspecified atom stereocenters. The Morgan fingerprint density at radius 1 is 1.19 bits per heavy atom. The first kappa shape index (κ1) is 16.8. The number of hydrogen-bond acceptors (Lipinski definition) is 2. The molecule has 26 heavy (non-hydrogen) atoms. The molecule has 3 heterocycles. The zero-order chi connectivity index (χ0) is 18.1. The first-order valence-electron chi connectivity index (χ1n) is 9.27. The van der Waals surface area contributed by atoms with Gasteiger partial charge in [-0.1, -0.05) is 24.3 Å². The maximum Gasteiger partial charge on any atom is 0.220 e. The lowest BCUT2D eigenvalue weighted by molar-refractivity contribution is -0.931. The van der Waals surface area contributed by atoms with Crippen molar-refractivity contribution in [3.63, 3.8) is 0 Å². The Morgan fingerprint density at radius 3 is 2.62 bits per heavy atom. The molecule has 0 aliphatic carbocycles. The largest absolute Gasteiger partial charge is 0.369 e. The van der Waals surface area contributed by atoms with Gasteiger partial charge in [0.2, 0.25) is 5.91 Å². The Bertz CT molecular complexity index is 910. The number of quaternary nitrogens is 1. The number of carbonyl (C=O) groups excluding carboxylic acids is 1. The van der Waals surface area contributed by atoms with Crippen molar-refractivity contribution in [1.82, 2.24) is 9.97 Å². The van der Waals surface area contributed by atoms with Gasteiger partial charge in [-0.05, 0) is 25.1 Å². The molecule has 1 amide bonds. The maximum absolute atomic E-state index is 11.6. The molecule has 0 saturated carbocycles. The number of rotatable bonds is 4. The molecule has 0 bridgehead atoms. The normalized spacial score (nSPS) is 21.6. The van der Waals surface area contributed by atoms with Crippen molar-refractivity contribution in [3.8, 4) is 0 Å². The first-order chi connectivity index (χ1) is 12.6. The number of pyridine rings is 1. The number of aryl methyl sites for hydroxylation is 1. The molecule has 0 spiro atoms. The van der Waals surface area contributed by atoms with E-state index in [1.807, 2.05) is 12.3 Å². The summed E-state index contributed by atoms with van der Waals surface area (Å²) in [6.07, 6.45) is 3.55. The van der Waals surface area contributed by atoms with Gasteiger partial charge in [-0.3, -0.25) is 9.78 Å². The number of likely N-dealkylation sites (tertiary alicyclic amines) is 1. The van der Waals surface area contributed by atoms with Crippen molar-refractivity contribution in [2.75, 3.05) is 13.1 Å². The topological polar surface area (TPSA) is 76.2 Å². The quantitative estimate of drug-likeness (QED) is 0.671. The van der Waals surface area contributed by atoms with E-state index in [1.54, 1.807) is 0 Å². The second kappa shape index (κ2) is 6.92. The number of fused-ring (bicyclic) bond motifs is 1. The van der Waals surface area contributed by atoms with Crippen LogP contribution in [0.5, 0.6) is 0 Å². The van der Waals surface area contributed by atoms with Gasteiger partial charge in [-0.25, -0.2) is 0 Å². The van der Waals surface area contributed by atoms with Crippen LogP contribution in [0.4, 0.5) is 0 Å². The molecule has 5 nitrogen and oxygen atoms in total. The van der Waals surface area contributed by atoms with Crippen LogP contribution in [-0.2, 0) is 4.79 Å². The average Bonchev–Trinajstić information content (AvgIpc) is 2.99. The summed E-state index contributed by atoms with van der Waals surface area (Å²) in [5, 5.41) is 1.25. The van der Waals surface area contributed by atoms with Crippen LogP contribution in [0.25, 0.3) is 10.9 Å². The zero-order valence-electron chi connectivity index (χ0n) is 15.0. The molecule has 1 aliphatic rings. The molecular weight excluding hydrogens is 324 g/mol. The number of H-pyrrole nitrogens is 1. The van der Waals surface area contributed by atoms with Gasteiger partial charge in [0.1, 0.15) is 5.69 Å². The van der Waals surface area contributed by atoms with Gasteiger partial charge in [0.25, 0.3) is 0 Å². The van der Waals surface area contributed by atoms with Crippen LogP contribution in [0.3, 0.4) is 0 Å².